The summed E-state index contributed by atoms with van der Waals surface area (Å²) in [6.07, 6.45) is 1.70. The van der Waals surface area contributed by atoms with Gasteiger partial charge in [-0.2, -0.15) is 0 Å². The Kier molecular flexibility index (Phi) is 6.22. The van der Waals surface area contributed by atoms with Gasteiger partial charge in [0.25, 0.3) is 5.91 Å². The summed E-state index contributed by atoms with van der Waals surface area (Å²) in [5, 5.41) is 2.85. The molecular weight excluding hydrogens is 352 g/mol. The number of anilines is 2. The van der Waals surface area contributed by atoms with Crippen LogP contribution >= 0.6 is 0 Å². The topological polar surface area (TPSA) is 67.3 Å². The number of hydrogen-bond acceptors (Lipinski definition) is 5. The monoisotopic (exact) mass is 376 g/mol. The first-order valence-corrected chi connectivity index (χ1v) is 9.17. The lowest BCUT2D eigenvalue weighted by molar-refractivity contribution is 0.102. The Balaban J connectivity index is 1.66. The zero-order valence-electron chi connectivity index (χ0n) is 16.3. The molecule has 0 fully saturated rings. The Morgan fingerprint density at radius 1 is 1.07 bits per heavy atom. The van der Waals surface area contributed by atoms with Crippen LogP contribution in [0.5, 0.6) is 5.75 Å². The van der Waals surface area contributed by atoms with Crippen LogP contribution in [-0.2, 0) is 6.54 Å². The van der Waals surface area contributed by atoms with Crippen molar-refractivity contribution in [2.75, 3.05) is 17.3 Å². The molecular formula is C22H24N4O2. The van der Waals surface area contributed by atoms with Gasteiger partial charge < -0.3 is 15.0 Å². The van der Waals surface area contributed by atoms with Crippen molar-refractivity contribution >= 4 is 17.5 Å². The fourth-order valence-electron chi connectivity index (χ4n) is 2.67. The van der Waals surface area contributed by atoms with Crippen LogP contribution in [0.1, 0.15) is 29.9 Å². The summed E-state index contributed by atoms with van der Waals surface area (Å²) in [4.78, 5) is 23.1. The van der Waals surface area contributed by atoms with E-state index in [1.165, 1.54) is 0 Å². The zero-order chi connectivity index (χ0) is 19.9. The molecule has 0 saturated carbocycles. The number of carbonyl (C=O) groups excluding carboxylic acids is 1. The van der Waals surface area contributed by atoms with Gasteiger partial charge in [0.05, 0.1) is 6.10 Å². The van der Waals surface area contributed by atoms with E-state index in [0.717, 1.165) is 11.3 Å². The van der Waals surface area contributed by atoms with E-state index in [4.69, 9.17) is 4.74 Å². The fraction of sp³-hybridized carbons (Fsp3) is 0.227. The Morgan fingerprint density at radius 2 is 1.79 bits per heavy atom. The normalized spacial score (nSPS) is 10.6. The third kappa shape index (κ3) is 5.30. The van der Waals surface area contributed by atoms with Crippen molar-refractivity contribution in [3.8, 4) is 5.75 Å². The van der Waals surface area contributed by atoms with E-state index in [1.54, 1.807) is 24.4 Å². The number of nitrogens with zero attached hydrogens (tertiary/aromatic N) is 3. The van der Waals surface area contributed by atoms with Crippen molar-refractivity contribution < 1.29 is 9.53 Å². The highest BCUT2D eigenvalue weighted by Crippen LogP contribution is 2.18. The Morgan fingerprint density at radius 3 is 2.46 bits per heavy atom. The number of carbonyl (C=O) groups is 1. The van der Waals surface area contributed by atoms with Gasteiger partial charge in [0.1, 0.15) is 11.4 Å². The average molecular weight is 376 g/mol. The number of rotatable bonds is 7. The summed E-state index contributed by atoms with van der Waals surface area (Å²) in [7, 11) is 1.90. The predicted octanol–water partition coefficient (Wildman–Crippen LogP) is 4.15. The second-order valence-electron chi connectivity index (χ2n) is 6.73. The Hall–Kier alpha value is -3.41. The third-order valence-corrected chi connectivity index (χ3v) is 3.96. The van der Waals surface area contributed by atoms with Crippen molar-refractivity contribution in [3.05, 3.63) is 78.1 Å². The molecule has 0 atom stereocenters. The lowest BCUT2D eigenvalue weighted by atomic mass is 10.2. The maximum atomic E-state index is 12.6. The third-order valence-electron chi connectivity index (χ3n) is 3.96. The van der Waals surface area contributed by atoms with E-state index < -0.39 is 0 Å². The maximum Gasteiger partial charge on any atom is 0.274 e. The molecule has 0 aliphatic heterocycles. The van der Waals surface area contributed by atoms with Crippen LogP contribution in [0.3, 0.4) is 0 Å². The number of benzene rings is 2. The summed E-state index contributed by atoms with van der Waals surface area (Å²) in [5.74, 6) is 0.978. The van der Waals surface area contributed by atoms with Crippen molar-refractivity contribution in [1.82, 2.24) is 9.97 Å². The molecule has 0 saturated heterocycles. The molecule has 0 aliphatic carbocycles. The number of hydrogen-bond donors (Lipinski definition) is 1. The fourth-order valence-corrected chi connectivity index (χ4v) is 2.67. The Labute approximate surface area is 165 Å². The highest BCUT2D eigenvalue weighted by Gasteiger charge is 2.12. The molecule has 6 nitrogen and oxygen atoms in total. The van der Waals surface area contributed by atoms with Crippen LogP contribution in [-0.4, -0.2) is 29.0 Å². The second-order valence-corrected chi connectivity index (χ2v) is 6.73. The molecule has 1 aromatic heterocycles. The van der Waals surface area contributed by atoms with Gasteiger partial charge in [-0.25, -0.2) is 9.97 Å². The molecule has 0 bridgehead atoms. The summed E-state index contributed by atoms with van der Waals surface area (Å²) < 4.78 is 5.61. The smallest absolute Gasteiger partial charge is 0.274 e. The zero-order valence-corrected chi connectivity index (χ0v) is 16.3. The van der Waals surface area contributed by atoms with Crippen molar-refractivity contribution in [3.63, 3.8) is 0 Å². The first-order chi connectivity index (χ1) is 13.5. The molecule has 1 amide bonds. The summed E-state index contributed by atoms with van der Waals surface area (Å²) >= 11 is 0. The first kappa shape index (κ1) is 19.4. The maximum absolute atomic E-state index is 12.6. The molecule has 2 aromatic carbocycles. The quantitative estimate of drug-likeness (QED) is 0.671. The van der Waals surface area contributed by atoms with Gasteiger partial charge in [0.2, 0.25) is 5.95 Å². The van der Waals surface area contributed by atoms with Gasteiger partial charge in [0.15, 0.2) is 0 Å². The van der Waals surface area contributed by atoms with Gasteiger partial charge in [-0.3, -0.25) is 4.79 Å². The highest BCUT2D eigenvalue weighted by atomic mass is 16.5. The van der Waals surface area contributed by atoms with E-state index in [9.17, 15) is 4.79 Å². The average Bonchev–Trinajstić information content (AvgIpc) is 2.70. The van der Waals surface area contributed by atoms with Gasteiger partial charge in [0, 0.05) is 25.5 Å². The van der Waals surface area contributed by atoms with Crippen LogP contribution in [0.4, 0.5) is 11.6 Å². The number of nitrogens with one attached hydrogen (secondary N) is 1. The summed E-state index contributed by atoms with van der Waals surface area (Å²) in [6, 6.07) is 18.9. The number of amides is 1. The number of aromatic nitrogens is 2. The van der Waals surface area contributed by atoms with Gasteiger partial charge in [-0.15, -0.1) is 0 Å². The van der Waals surface area contributed by atoms with Crippen LogP contribution < -0.4 is 15.0 Å². The van der Waals surface area contributed by atoms with E-state index in [2.05, 4.69) is 15.3 Å². The largest absolute Gasteiger partial charge is 0.491 e. The van der Waals surface area contributed by atoms with E-state index in [-0.39, 0.29) is 12.0 Å². The molecule has 1 N–H and O–H groups in total. The Bertz CT molecular complexity index is 911. The molecule has 3 rings (SSSR count). The summed E-state index contributed by atoms with van der Waals surface area (Å²) in [6.45, 7) is 4.59. The van der Waals surface area contributed by atoms with Gasteiger partial charge in [-0.1, -0.05) is 30.3 Å². The molecule has 144 valence electrons. The molecule has 3 aromatic rings. The second kappa shape index (κ2) is 8.99. The van der Waals surface area contributed by atoms with Crippen LogP contribution in [0.2, 0.25) is 0 Å². The molecule has 0 spiro atoms. The predicted molar refractivity (Wildman–Crippen MR) is 111 cm³/mol. The minimum absolute atomic E-state index is 0.104. The molecule has 0 radical (unpaired) electrons. The molecule has 1 heterocycles. The molecule has 0 unspecified atom stereocenters. The van der Waals surface area contributed by atoms with E-state index >= 15 is 0 Å². The molecule has 0 aliphatic rings. The van der Waals surface area contributed by atoms with Crippen LogP contribution in [0.15, 0.2) is 66.9 Å². The molecule has 28 heavy (non-hydrogen) atoms. The van der Waals surface area contributed by atoms with Crippen molar-refractivity contribution in [2.24, 2.45) is 0 Å². The van der Waals surface area contributed by atoms with Crippen LogP contribution in [0, 0.1) is 0 Å². The van der Waals surface area contributed by atoms with Gasteiger partial charge in [-0.05, 0) is 49.7 Å². The summed E-state index contributed by atoms with van der Waals surface area (Å²) in [5.41, 5.74) is 2.14. The highest BCUT2D eigenvalue weighted by molar-refractivity contribution is 6.03. The lowest BCUT2D eigenvalue weighted by Gasteiger charge is -2.17. The van der Waals surface area contributed by atoms with E-state index in [1.807, 2.05) is 68.3 Å². The van der Waals surface area contributed by atoms with E-state index in [0.29, 0.717) is 23.9 Å². The lowest BCUT2D eigenvalue weighted by Crippen LogP contribution is -2.21. The minimum Gasteiger partial charge on any atom is -0.491 e. The van der Waals surface area contributed by atoms with Crippen LogP contribution in [0.25, 0.3) is 0 Å². The SMILES string of the molecule is CC(C)Oc1ccc(NC(=O)c2ccnc(N(C)Cc3ccccc3)n2)cc1. The van der Waals surface area contributed by atoms with Gasteiger partial charge >= 0.3 is 0 Å². The van der Waals surface area contributed by atoms with Crippen molar-refractivity contribution in [2.45, 2.75) is 26.5 Å². The minimum atomic E-state index is -0.283. The van der Waals surface area contributed by atoms with Crippen molar-refractivity contribution in [1.29, 1.82) is 0 Å². The molecule has 6 heteroatoms. The standard InChI is InChI=1S/C22H24N4O2/c1-16(2)28-19-11-9-18(10-12-19)24-21(27)20-13-14-23-22(25-20)26(3)15-17-7-5-4-6-8-17/h4-14,16H,15H2,1-3H3,(H,24,27). The first-order valence-electron chi connectivity index (χ1n) is 9.17. The number of ether oxygens (including phenoxy) is 1.